The molecular weight excluding hydrogens is 366 g/mol. The Bertz CT molecular complexity index is 238. The van der Waals surface area contributed by atoms with Crippen molar-refractivity contribution in [1.29, 1.82) is 0 Å². The first-order chi connectivity index (χ1) is 12.4. The first kappa shape index (κ1) is 32.2. The van der Waals surface area contributed by atoms with Crippen LogP contribution in [0, 0.1) is 0 Å². The van der Waals surface area contributed by atoms with Crippen molar-refractivity contribution in [1.82, 2.24) is 0 Å². The number of hydrogen-bond acceptors (Lipinski definition) is 0. The van der Waals surface area contributed by atoms with E-state index in [-0.39, 0.29) is 0 Å². The SMILES string of the molecule is CCB(CC)CP(C)CC.CCB(CC)CPC.CC[B]CP(C)CC. The van der Waals surface area contributed by atoms with E-state index in [1.165, 1.54) is 62.1 Å². The van der Waals surface area contributed by atoms with Gasteiger partial charge in [-0.1, -0.05) is 98.3 Å². The third kappa shape index (κ3) is 25.5. The van der Waals surface area contributed by atoms with E-state index in [4.69, 9.17) is 0 Å². The highest BCUT2D eigenvalue weighted by Gasteiger charge is 2.10. The summed E-state index contributed by atoms with van der Waals surface area (Å²) in [6, 6.07) is 4.31. The van der Waals surface area contributed by atoms with Crippen LogP contribution in [0.1, 0.15) is 48.5 Å². The molecule has 0 heterocycles. The van der Waals surface area contributed by atoms with Gasteiger partial charge in [-0.3, -0.25) is 0 Å². The summed E-state index contributed by atoms with van der Waals surface area (Å²) in [7, 11) is 4.27. The summed E-state index contributed by atoms with van der Waals surface area (Å²) in [5.41, 5.74) is 0. The summed E-state index contributed by atoms with van der Waals surface area (Å²) in [5, 5.41) is 0. The van der Waals surface area contributed by atoms with Crippen molar-refractivity contribution in [2.24, 2.45) is 0 Å². The van der Waals surface area contributed by atoms with Crippen molar-refractivity contribution in [3.8, 4) is 0 Å². The molecule has 0 aliphatic carbocycles. The number of rotatable bonds is 13. The molecule has 0 nitrogen and oxygen atoms in total. The second kappa shape index (κ2) is 26.5. The minimum Gasteiger partial charge on any atom is -0.133 e. The van der Waals surface area contributed by atoms with E-state index in [0.29, 0.717) is 15.8 Å². The molecule has 155 valence electrons. The first-order valence-corrected chi connectivity index (χ1v) is 17.3. The molecule has 0 aromatic rings. The van der Waals surface area contributed by atoms with Crippen LogP contribution in [0.4, 0.5) is 0 Å². The van der Waals surface area contributed by atoms with Crippen LogP contribution in [-0.2, 0) is 0 Å². The normalized spacial score (nSPS) is 12.5. The van der Waals surface area contributed by atoms with Crippen molar-refractivity contribution >= 4 is 45.1 Å². The van der Waals surface area contributed by atoms with Gasteiger partial charge in [-0.2, -0.15) is 0 Å². The Labute approximate surface area is 175 Å². The van der Waals surface area contributed by atoms with Crippen LogP contribution in [0.3, 0.4) is 0 Å². The average molecular weight is 417 g/mol. The van der Waals surface area contributed by atoms with Crippen molar-refractivity contribution in [2.75, 3.05) is 50.5 Å². The van der Waals surface area contributed by atoms with Gasteiger partial charge in [-0.15, -0.1) is 24.4 Å². The van der Waals surface area contributed by atoms with Gasteiger partial charge in [0.15, 0.2) is 0 Å². The van der Waals surface area contributed by atoms with E-state index in [1.807, 2.05) is 0 Å². The topological polar surface area (TPSA) is 0 Å². The third-order valence-corrected chi connectivity index (χ3v) is 10.3. The molecule has 0 fully saturated rings. The van der Waals surface area contributed by atoms with Crippen LogP contribution < -0.4 is 0 Å². The van der Waals surface area contributed by atoms with E-state index in [1.54, 1.807) is 0 Å². The van der Waals surface area contributed by atoms with Crippen molar-refractivity contribution in [3.63, 3.8) is 0 Å². The van der Waals surface area contributed by atoms with E-state index in [0.717, 1.165) is 22.0 Å². The molecule has 0 spiro atoms. The highest BCUT2D eigenvalue weighted by Crippen LogP contribution is 2.31. The lowest BCUT2D eigenvalue weighted by Gasteiger charge is -2.13. The van der Waals surface area contributed by atoms with Gasteiger partial charge in [0, 0.05) is 0 Å². The van der Waals surface area contributed by atoms with Gasteiger partial charge in [0.05, 0.1) is 0 Å². The fraction of sp³-hybridized carbons (Fsp3) is 1.00. The van der Waals surface area contributed by atoms with Crippen LogP contribution in [-0.4, -0.2) is 71.2 Å². The van der Waals surface area contributed by atoms with Gasteiger partial charge in [-0.25, -0.2) is 0 Å². The highest BCUT2D eigenvalue weighted by atomic mass is 31.1. The second-order valence-electron chi connectivity index (χ2n) is 7.33. The van der Waals surface area contributed by atoms with Crippen LogP contribution in [0.5, 0.6) is 0 Å². The van der Waals surface area contributed by atoms with Crippen LogP contribution in [0.25, 0.3) is 0 Å². The van der Waals surface area contributed by atoms with Crippen LogP contribution >= 0.6 is 24.4 Å². The van der Waals surface area contributed by atoms with Gasteiger partial charge in [0.2, 0.25) is 0 Å². The van der Waals surface area contributed by atoms with Gasteiger partial charge in [-0.05, 0) is 32.3 Å². The predicted molar refractivity (Wildman–Crippen MR) is 145 cm³/mol. The molecule has 0 amide bonds. The van der Waals surface area contributed by atoms with Crippen LogP contribution in [0.15, 0.2) is 0 Å². The molecule has 1 radical (unpaired) electrons. The smallest absolute Gasteiger partial charge is 0.133 e. The van der Waals surface area contributed by atoms with E-state index >= 15 is 0 Å². The highest BCUT2D eigenvalue weighted by molar-refractivity contribution is 7.59. The molecule has 0 aliphatic heterocycles. The lowest BCUT2D eigenvalue weighted by molar-refractivity contribution is 1.30. The van der Waals surface area contributed by atoms with Crippen molar-refractivity contribution in [3.05, 3.63) is 0 Å². The molecule has 0 bridgehead atoms. The first-order valence-electron chi connectivity index (χ1n) is 11.2. The largest absolute Gasteiger partial charge is 0.143 e. The Balaban J connectivity index is -0.000000308. The van der Waals surface area contributed by atoms with Gasteiger partial charge >= 0.3 is 0 Å². The second-order valence-corrected chi connectivity index (χ2v) is 13.9. The maximum absolute atomic E-state index is 2.42. The summed E-state index contributed by atoms with van der Waals surface area (Å²) in [6.07, 6.45) is 9.53. The lowest BCUT2D eigenvalue weighted by Crippen LogP contribution is -2.14. The average Bonchev–Trinajstić information content (AvgIpc) is 2.68. The maximum Gasteiger partial charge on any atom is 0.143 e. The summed E-state index contributed by atoms with van der Waals surface area (Å²) in [4.78, 5) is 0. The fourth-order valence-corrected chi connectivity index (χ4v) is 6.23. The molecule has 3 unspecified atom stereocenters. The predicted octanol–water partition coefficient (Wildman–Crippen LogP) is 7.78. The van der Waals surface area contributed by atoms with Crippen molar-refractivity contribution in [2.45, 2.75) is 80.1 Å². The summed E-state index contributed by atoms with van der Waals surface area (Å²) >= 11 is 0. The molecule has 0 aromatic carbocycles. The Morgan fingerprint density at radius 2 is 1.19 bits per heavy atom. The molecule has 0 aromatic heterocycles. The quantitative estimate of drug-likeness (QED) is 0.212. The molecule has 0 saturated carbocycles. The molecule has 0 saturated heterocycles. The minimum atomic E-state index is 0.360. The molecule has 6 heteroatoms. The Morgan fingerprint density at radius 1 is 0.731 bits per heavy atom. The summed E-state index contributed by atoms with van der Waals surface area (Å²) in [6.45, 7) is 25.1. The molecule has 0 rings (SSSR count). The van der Waals surface area contributed by atoms with Crippen molar-refractivity contribution < 1.29 is 0 Å². The van der Waals surface area contributed by atoms with E-state index < -0.39 is 0 Å². The molecular formula is C20H51B3P3. The molecule has 0 N–H and O–H groups in total. The van der Waals surface area contributed by atoms with E-state index in [2.05, 4.69) is 75.7 Å². The minimum absolute atomic E-state index is 0.360. The Kier molecular flexibility index (Phi) is 32.8. The monoisotopic (exact) mass is 417 g/mol. The van der Waals surface area contributed by atoms with E-state index in [9.17, 15) is 0 Å². The maximum atomic E-state index is 2.42. The van der Waals surface area contributed by atoms with Gasteiger partial charge in [0.25, 0.3) is 0 Å². The standard InChI is InChI=1S/C8H20BP.C6H15BP.C6H16BP/c1-5-9(6-2)8-10(4)7-3;1-4-7-6-8(3)5-2;1-4-7(5-2)6-8-3/h5-8H2,1-4H3;4-6H2,1-3H3;8H,4-6H2,1-3H3. The zero-order chi connectivity index (χ0) is 20.8. The summed E-state index contributed by atoms with van der Waals surface area (Å²) in [5.74, 6) is 0. The fourth-order valence-electron chi connectivity index (χ4n) is 2.46. The summed E-state index contributed by atoms with van der Waals surface area (Å²) < 4.78 is 0. The van der Waals surface area contributed by atoms with Gasteiger partial charge < -0.3 is 0 Å². The van der Waals surface area contributed by atoms with Crippen LogP contribution in [0.2, 0.25) is 31.6 Å². The lowest BCUT2D eigenvalue weighted by atomic mass is 9.48. The third-order valence-electron chi connectivity index (χ3n) is 5.18. The molecule has 26 heavy (non-hydrogen) atoms. The Morgan fingerprint density at radius 3 is 1.46 bits per heavy atom. The van der Waals surface area contributed by atoms with Gasteiger partial charge in [0.1, 0.15) is 20.7 Å². The molecule has 3 atom stereocenters. The number of hydrogen-bond donors (Lipinski definition) is 0. The zero-order valence-corrected chi connectivity index (χ0v) is 23.0. The molecule has 0 aliphatic rings. The Hall–Kier alpha value is 1.48. The zero-order valence-electron chi connectivity index (χ0n) is 20.2.